The molecule has 0 fully saturated rings. The molecule has 0 unspecified atom stereocenters. The Balaban J connectivity index is 1.76. The van der Waals surface area contributed by atoms with Crippen LogP contribution < -0.4 is 0 Å². The van der Waals surface area contributed by atoms with Crippen molar-refractivity contribution < 1.29 is 18.7 Å². The molecule has 0 spiro atoms. The van der Waals surface area contributed by atoms with Crippen molar-refractivity contribution in [1.82, 2.24) is 4.57 Å². The van der Waals surface area contributed by atoms with Gasteiger partial charge in [-0.2, -0.15) is 0 Å². The van der Waals surface area contributed by atoms with Crippen molar-refractivity contribution in [1.29, 1.82) is 0 Å². The molecule has 164 valence electrons. The van der Waals surface area contributed by atoms with E-state index in [1.54, 1.807) is 18.2 Å². The fourth-order valence-corrected chi connectivity index (χ4v) is 4.27. The molecule has 4 aromatic rings. The van der Waals surface area contributed by atoms with Crippen LogP contribution in [0.15, 0.2) is 66.7 Å². The molecule has 5 heteroatoms. The zero-order valence-electron chi connectivity index (χ0n) is 18.1. The Hall–Kier alpha value is -3.47. The minimum atomic E-state index is -0.909. The summed E-state index contributed by atoms with van der Waals surface area (Å²) in [6, 6.07) is 18.8. The second kappa shape index (κ2) is 8.95. The highest BCUT2D eigenvalue weighted by Gasteiger charge is 2.24. The maximum atomic E-state index is 13.6. The number of aryl methyl sites for hydroxylation is 1. The van der Waals surface area contributed by atoms with Gasteiger partial charge in [-0.3, -0.25) is 4.79 Å². The topological polar surface area (TPSA) is 42.2 Å². The summed E-state index contributed by atoms with van der Waals surface area (Å²) in [5.74, 6) is -1.66. The first kappa shape index (κ1) is 21.8. The molecule has 1 N–H and O–H groups in total. The Morgan fingerprint density at radius 2 is 1.69 bits per heavy atom. The molecule has 1 aromatic heterocycles. The number of nitrogens with zero attached hydrogens (tertiary/aromatic N) is 1. The highest BCUT2D eigenvalue weighted by molar-refractivity contribution is 6.10. The van der Waals surface area contributed by atoms with Gasteiger partial charge in [-0.05, 0) is 47.7 Å². The van der Waals surface area contributed by atoms with E-state index >= 15 is 0 Å². The molecule has 0 bridgehead atoms. The van der Waals surface area contributed by atoms with Gasteiger partial charge >= 0.3 is 0 Å². The van der Waals surface area contributed by atoms with Gasteiger partial charge in [-0.25, -0.2) is 8.78 Å². The van der Waals surface area contributed by atoms with Crippen molar-refractivity contribution in [2.45, 2.75) is 39.2 Å². The van der Waals surface area contributed by atoms with Gasteiger partial charge in [0.25, 0.3) is 0 Å². The van der Waals surface area contributed by atoms with E-state index in [1.165, 1.54) is 6.07 Å². The van der Waals surface area contributed by atoms with Crippen molar-refractivity contribution in [3.63, 3.8) is 0 Å². The van der Waals surface area contributed by atoms with Gasteiger partial charge in [0.2, 0.25) is 0 Å². The average molecular weight is 433 g/mol. The van der Waals surface area contributed by atoms with Crippen LogP contribution in [0.3, 0.4) is 0 Å². The first-order valence-corrected chi connectivity index (χ1v) is 10.7. The van der Waals surface area contributed by atoms with Gasteiger partial charge < -0.3 is 9.67 Å². The van der Waals surface area contributed by atoms with E-state index in [4.69, 9.17) is 0 Å². The maximum Gasteiger partial charge on any atom is 0.165 e. The molecule has 0 saturated heterocycles. The van der Waals surface area contributed by atoms with Crippen LogP contribution in [0.1, 0.15) is 53.4 Å². The predicted octanol–water partition coefficient (Wildman–Crippen LogP) is 6.61. The molecule has 0 radical (unpaired) electrons. The fraction of sp³-hybridized carbons (Fsp3) is 0.222. The standard InChI is InChI=1S/C27H25F2NO2/c1-17(2)27-26(25(32)13-9-18-8-12-22(28)23(29)14-18)21-11-10-20(31)15-24(21)30(27)16-19-6-4-3-5-7-19/h3-8,10-12,14-15,17,31H,9,13,16H2,1-2H3. The molecule has 0 aliphatic heterocycles. The molecule has 1 heterocycles. The van der Waals surface area contributed by atoms with E-state index in [0.717, 1.165) is 34.3 Å². The molecule has 0 aliphatic rings. The first-order chi connectivity index (χ1) is 15.3. The second-order valence-corrected chi connectivity index (χ2v) is 8.36. The molecule has 4 rings (SSSR count). The van der Waals surface area contributed by atoms with E-state index in [1.807, 2.05) is 44.2 Å². The zero-order valence-corrected chi connectivity index (χ0v) is 18.1. The monoisotopic (exact) mass is 433 g/mol. The number of hydrogen-bond acceptors (Lipinski definition) is 2. The number of benzene rings is 3. The van der Waals surface area contributed by atoms with Crippen LogP contribution in [0.5, 0.6) is 5.75 Å². The number of fused-ring (bicyclic) bond motifs is 1. The third kappa shape index (κ3) is 4.28. The lowest BCUT2D eigenvalue weighted by Gasteiger charge is -2.15. The van der Waals surface area contributed by atoms with Crippen molar-refractivity contribution in [3.8, 4) is 5.75 Å². The number of aromatic nitrogens is 1. The lowest BCUT2D eigenvalue weighted by Crippen LogP contribution is -2.11. The number of ketones is 1. The number of aromatic hydroxyl groups is 1. The van der Waals surface area contributed by atoms with Gasteiger partial charge in [0.05, 0.1) is 5.52 Å². The largest absolute Gasteiger partial charge is 0.508 e. The Bertz CT molecular complexity index is 1280. The van der Waals surface area contributed by atoms with Gasteiger partial charge in [-0.15, -0.1) is 0 Å². The fourth-order valence-electron chi connectivity index (χ4n) is 4.27. The molecule has 3 nitrogen and oxygen atoms in total. The maximum absolute atomic E-state index is 13.6. The highest BCUT2D eigenvalue weighted by Crippen LogP contribution is 2.35. The number of hydrogen-bond donors (Lipinski definition) is 1. The number of halogens is 2. The zero-order chi connectivity index (χ0) is 22.8. The minimum Gasteiger partial charge on any atom is -0.508 e. The van der Waals surface area contributed by atoms with Crippen LogP contribution in [-0.2, 0) is 13.0 Å². The highest BCUT2D eigenvalue weighted by atomic mass is 19.2. The van der Waals surface area contributed by atoms with Crippen LogP contribution in [0.2, 0.25) is 0 Å². The molecule has 0 aliphatic carbocycles. The van der Waals surface area contributed by atoms with Crippen LogP contribution in [0.25, 0.3) is 10.9 Å². The lowest BCUT2D eigenvalue weighted by molar-refractivity contribution is 0.0982. The van der Waals surface area contributed by atoms with E-state index < -0.39 is 11.6 Å². The van der Waals surface area contributed by atoms with Crippen molar-refractivity contribution in [2.24, 2.45) is 0 Å². The quantitative estimate of drug-likeness (QED) is 0.333. The van der Waals surface area contributed by atoms with E-state index in [0.29, 0.717) is 24.1 Å². The Kier molecular flexibility index (Phi) is 6.08. The van der Waals surface area contributed by atoms with Crippen LogP contribution in [-0.4, -0.2) is 15.5 Å². The van der Waals surface area contributed by atoms with Crippen molar-refractivity contribution in [3.05, 3.63) is 101 Å². The second-order valence-electron chi connectivity index (χ2n) is 8.36. The molecule has 0 atom stereocenters. The number of carbonyl (C=O) groups is 1. The Labute approximate surface area is 185 Å². The Morgan fingerprint density at radius 1 is 0.938 bits per heavy atom. The number of Topliss-reactive ketones (excluding diaryl/α,β-unsaturated/α-hetero) is 1. The summed E-state index contributed by atoms with van der Waals surface area (Å²) in [5.41, 5.74) is 4.01. The summed E-state index contributed by atoms with van der Waals surface area (Å²) >= 11 is 0. The van der Waals surface area contributed by atoms with Crippen molar-refractivity contribution in [2.75, 3.05) is 0 Å². The third-order valence-corrected chi connectivity index (χ3v) is 5.72. The summed E-state index contributed by atoms with van der Waals surface area (Å²) < 4.78 is 28.9. The smallest absolute Gasteiger partial charge is 0.165 e. The SMILES string of the molecule is CC(C)c1c(C(=O)CCc2ccc(F)c(F)c2)c2ccc(O)cc2n1Cc1ccccc1. The van der Waals surface area contributed by atoms with E-state index in [2.05, 4.69) is 4.57 Å². The van der Waals surface area contributed by atoms with Gasteiger partial charge in [0.15, 0.2) is 17.4 Å². The Morgan fingerprint density at radius 3 is 2.38 bits per heavy atom. The van der Waals surface area contributed by atoms with Crippen LogP contribution in [0, 0.1) is 11.6 Å². The van der Waals surface area contributed by atoms with Gasteiger partial charge in [0, 0.05) is 35.7 Å². The van der Waals surface area contributed by atoms with Gasteiger partial charge in [0.1, 0.15) is 5.75 Å². The van der Waals surface area contributed by atoms with E-state index in [9.17, 15) is 18.7 Å². The predicted molar refractivity (Wildman–Crippen MR) is 122 cm³/mol. The van der Waals surface area contributed by atoms with Crippen LogP contribution in [0.4, 0.5) is 8.78 Å². The molecule has 0 saturated carbocycles. The summed E-state index contributed by atoms with van der Waals surface area (Å²) in [6.07, 6.45) is 0.493. The average Bonchev–Trinajstić information content (AvgIpc) is 3.08. The summed E-state index contributed by atoms with van der Waals surface area (Å²) in [4.78, 5) is 13.4. The lowest BCUT2D eigenvalue weighted by atomic mass is 9.96. The number of carbonyl (C=O) groups excluding carboxylic acids is 1. The number of phenols is 1. The summed E-state index contributed by atoms with van der Waals surface area (Å²) in [7, 11) is 0. The summed E-state index contributed by atoms with van der Waals surface area (Å²) in [6.45, 7) is 4.66. The molecule has 0 amide bonds. The first-order valence-electron chi connectivity index (χ1n) is 10.7. The van der Waals surface area contributed by atoms with Gasteiger partial charge in [-0.1, -0.05) is 50.2 Å². The molecular formula is C27H25F2NO2. The normalized spacial score (nSPS) is 11.4. The molecule has 3 aromatic carbocycles. The van der Waals surface area contributed by atoms with E-state index in [-0.39, 0.29) is 23.9 Å². The summed E-state index contributed by atoms with van der Waals surface area (Å²) in [5, 5.41) is 10.9. The van der Waals surface area contributed by atoms with Crippen molar-refractivity contribution >= 4 is 16.7 Å². The minimum absolute atomic E-state index is 0.0547. The number of rotatable bonds is 7. The molecular weight excluding hydrogens is 408 g/mol. The van der Waals surface area contributed by atoms with Crippen LogP contribution >= 0.6 is 0 Å². The number of phenolic OH excluding ortho intramolecular Hbond substituents is 1. The molecule has 32 heavy (non-hydrogen) atoms. The third-order valence-electron chi connectivity index (χ3n) is 5.72.